The van der Waals surface area contributed by atoms with Gasteiger partial charge in [0.25, 0.3) is 0 Å². The SMILES string of the molecule is [Nd+3].[Nd+3].[Nd+3].[Nd+3]. The molecule has 0 aliphatic carbocycles. The van der Waals surface area contributed by atoms with Crippen molar-refractivity contribution in [1.82, 2.24) is 0 Å². The van der Waals surface area contributed by atoms with E-state index in [-0.39, 0.29) is 163 Å². The molecule has 4 heteroatoms. The Morgan fingerprint density at radius 2 is 0.250 bits per heavy atom. The summed E-state index contributed by atoms with van der Waals surface area (Å²) >= 11 is 0. The molecule has 0 aromatic heterocycles. The molecule has 0 bridgehead atoms. The van der Waals surface area contributed by atoms with E-state index in [1.807, 2.05) is 0 Å². The first kappa shape index (κ1) is 22.7. The Morgan fingerprint density at radius 3 is 0.250 bits per heavy atom. The molecule has 4 heavy (non-hydrogen) atoms. The fourth-order valence-corrected chi connectivity index (χ4v) is 0. The standard InChI is InChI=1S/4Nd/q4*+3. The van der Waals surface area contributed by atoms with E-state index in [0.29, 0.717) is 0 Å². The van der Waals surface area contributed by atoms with Crippen molar-refractivity contribution >= 4 is 0 Å². The van der Waals surface area contributed by atoms with Crippen LogP contribution in [0.25, 0.3) is 0 Å². The van der Waals surface area contributed by atoms with E-state index >= 15 is 0 Å². The zero-order valence-corrected chi connectivity index (χ0v) is 14.8. The number of rotatable bonds is 0. The van der Waals surface area contributed by atoms with Crippen molar-refractivity contribution in [2.24, 2.45) is 0 Å². The summed E-state index contributed by atoms with van der Waals surface area (Å²) in [6.07, 6.45) is 0. The molecule has 4 valence electrons. The van der Waals surface area contributed by atoms with Crippen LogP contribution in [0.4, 0.5) is 0 Å². The molecule has 0 amide bonds. The van der Waals surface area contributed by atoms with Crippen LogP contribution in [0.15, 0.2) is 0 Å². The monoisotopic (exact) mass is 568 g/mol. The molecule has 0 saturated heterocycles. The molecule has 0 atom stereocenters. The molecule has 0 aromatic carbocycles. The van der Waals surface area contributed by atoms with Gasteiger partial charge in [-0.15, -0.1) is 0 Å². The van der Waals surface area contributed by atoms with Gasteiger partial charge in [0.15, 0.2) is 0 Å². The van der Waals surface area contributed by atoms with Gasteiger partial charge in [0.1, 0.15) is 0 Å². The smallest absolute Gasteiger partial charge is 3.00 e. The summed E-state index contributed by atoms with van der Waals surface area (Å²) in [5.74, 6) is 0. The second-order valence-corrected chi connectivity index (χ2v) is 0. The average Bonchev–Trinajstić information content (AvgIpc) is 0. The Kier molecular flexibility index (Phi) is 89.7. The summed E-state index contributed by atoms with van der Waals surface area (Å²) in [5.41, 5.74) is 0. The second-order valence-electron chi connectivity index (χ2n) is 0. The van der Waals surface area contributed by atoms with E-state index in [4.69, 9.17) is 0 Å². The summed E-state index contributed by atoms with van der Waals surface area (Å²) < 4.78 is 0. The topological polar surface area (TPSA) is 0 Å². The van der Waals surface area contributed by atoms with Crippen molar-refractivity contribution in [1.29, 1.82) is 0 Å². The van der Waals surface area contributed by atoms with E-state index in [1.54, 1.807) is 0 Å². The molecule has 0 nitrogen and oxygen atoms in total. The maximum atomic E-state index is 0. The Balaban J connectivity index is 0. The first-order valence-corrected chi connectivity index (χ1v) is 0. The molecule has 4 radical (unpaired) electrons. The van der Waals surface area contributed by atoms with Gasteiger partial charge < -0.3 is 0 Å². The van der Waals surface area contributed by atoms with Crippen molar-refractivity contribution < 1.29 is 163 Å². The quantitative estimate of drug-likeness (QED) is 0.381. The fourth-order valence-electron chi connectivity index (χ4n) is 0. The molecule has 0 rings (SSSR count). The van der Waals surface area contributed by atoms with Crippen LogP contribution in [-0.2, 0) is 0 Å². The molecular weight excluding hydrogens is 577 g/mol. The molecular formula is Nd4+12. The Morgan fingerprint density at radius 1 is 0.250 bits per heavy atom. The van der Waals surface area contributed by atoms with Crippen molar-refractivity contribution in [2.45, 2.75) is 0 Å². The predicted octanol–water partition coefficient (Wildman–Crippen LogP) is 0. The third-order valence-electron chi connectivity index (χ3n) is 0. The van der Waals surface area contributed by atoms with Gasteiger partial charge in [-0.3, -0.25) is 0 Å². The molecule has 0 aliphatic rings. The van der Waals surface area contributed by atoms with E-state index in [9.17, 15) is 0 Å². The Hall–Kier alpha value is 5.40. The minimum atomic E-state index is 0. The summed E-state index contributed by atoms with van der Waals surface area (Å²) in [6.45, 7) is 0. The maximum absolute atomic E-state index is 0. The van der Waals surface area contributed by atoms with E-state index in [1.165, 1.54) is 0 Å². The van der Waals surface area contributed by atoms with Gasteiger partial charge in [0.05, 0.1) is 0 Å². The Bertz CT molecular complexity index is 0. The number of hydrogen-bond acceptors (Lipinski definition) is 0. The van der Waals surface area contributed by atoms with Crippen LogP contribution in [0.2, 0.25) is 0 Å². The van der Waals surface area contributed by atoms with Crippen molar-refractivity contribution in [3.8, 4) is 0 Å². The van der Waals surface area contributed by atoms with E-state index in [2.05, 4.69) is 0 Å². The third-order valence-corrected chi connectivity index (χ3v) is 0. The van der Waals surface area contributed by atoms with Gasteiger partial charge in [0, 0.05) is 0 Å². The molecule has 0 spiro atoms. The summed E-state index contributed by atoms with van der Waals surface area (Å²) in [4.78, 5) is 0. The normalized spacial score (nSPS) is 0. The average molecular weight is 577 g/mol. The molecule has 0 heterocycles. The third kappa shape index (κ3) is 10.4. The van der Waals surface area contributed by atoms with Crippen LogP contribution in [-0.4, -0.2) is 0 Å². The predicted molar refractivity (Wildman–Crippen MR) is 0 cm³/mol. The second kappa shape index (κ2) is 15.8. The van der Waals surface area contributed by atoms with Gasteiger partial charge in [-0.05, 0) is 0 Å². The van der Waals surface area contributed by atoms with Crippen LogP contribution in [0.5, 0.6) is 0 Å². The van der Waals surface area contributed by atoms with Crippen molar-refractivity contribution in [3.05, 3.63) is 0 Å². The molecule has 0 aromatic rings. The van der Waals surface area contributed by atoms with Crippen molar-refractivity contribution in [2.75, 3.05) is 0 Å². The van der Waals surface area contributed by atoms with Gasteiger partial charge in [0.2, 0.25) is 0 Å². The largest absolute Gasteiger partial charge is 3.00 e. The summed E-state index contributed by atoms with van der Waals surface area (Å²) in [7, 11) is 0. The van der Waals surface area contributed by atoms with E-state index < -0.39 is 0 Å². The first-order valence-electron chi connectivity index (χ1n) is 0. The molecule has 0 fully saturated rings. The summed E-state index contributed by atoms with van der Waals surface area (Å²) in [5, 5.41) is 0. The molecule has 0 unspecified atom stereocenters. The molecule has 0 aliphatic heterocycles. The van der Waals surface area contributed by atoms with E-state index in [0.717, 1.165) is 0 Å². The zero-order valence-electron chi connectivity index (χ0n) is 2.00. The van der Waals surface area contributed by atoms with Crippen LogP contribution in [0, 0.1) is 163 Å². The van der Waals surface area contributed by atoms with Crippen LogP contribution < -0.4 is 0 Å². The zero-order chi connectivity index (χ0) is 0. The summed E-state index contributed by atoms with van der Waals surface area (Å²) in [6, 6.07) is 0. The maximum Gasteiger partial charge on any atom is 3.00 e. The molecule has 0 saturated carbocycles. The van der Waals surface area contributed by atoms with Gasteiger partial charge in [-0.25, -0.2) is 0 Å². The van der Waals surface area contributed by atoms with Gasteiger partial charge >= 0.3 is 163 Å². The van der Waals surface area contributed by atoms with Crippen molar-refractivity contribution in [3.63, 3.8) is 0 Å². The Labute approximate surface area is 157 Å². The minimum absolute atomic E-state index is 0. The van der Waals surface area contributed by atoms with Gasteiger partial charge in [-0.1, -0.05) is 0 Å². The fraction of sp³-hybridized carbons (Fsp3) is 0. The number of hydrogen-bond donors (Lipinski definition) is 0. The minimum Gasteiger partial charge on any atom is 3.00 e. The van der Waals surface area contributed by atoms with Crippen LogP contribution in [0.1, 0.15) is 0 Å². The van der Waals surface area contributed by atoms with Crippen LogP contribution in [0.3, 0.4) is 0 Å². The van der Waals surface area contributed by atoms with Gasteiger partial charge in [-0.2, -0.15) is 0 Å². The molecule has 0 N–H and O–H groups in total. The van der Waals surface area contributed by atoms with Crippen LogP contribution >= 0.6 is 0 Å². The first-order chi connectivity index (χ1) is 0.